The maximum Gasteiger partial charge on any atom is 0.326 e. The third-order valence-electron chi connectivity index (χ3n) is 4.42. The number of hydrogen-bond donors (Lipinski definition) is 2. The molecular weight excluding hydrogens is 392 g/mol. The molecule has 0 aliphatic carbocycles. The van der Waals surface area contributed by atoms with E-state index in [1.807, 2.05) is 41.8 Å². The van der Waals surface area contributed by atoms with Gasteiger partial charge in [0.05, 0.1) is 25.6 Å². The van der Waals surface area contributed by atoms with Crippen LogP contribution >= 0.6 is 11.6 Å². The molecule has 152 valence electrons. The molecule has 29 heavy (non-hydrogen) atoms. The van der Waals surface area contributed by atoms with Gasteiger partial charge in [-0.15, -0.1) is 0 Å². The lowest BCUT2D eigenvalue weighted by Gasteiger charge is -2.13. The molecule has 1 aromatic heterocycles. The number of urea groups is 1. The van der Waals surface area contributed by atoms with E-state index in [1.165, 1.54) is 0 Å². The van der Waals surface area contributed by atoms with Crippen LogP contribution < -0.4 is 15.4 Å². The number of nitrogens with zero attached hydrogens (tertiary/aromatic N) is 2. The van der Waals surface area contributed by atoms with Gasteiger partial charge in [-0.05, 0) is 48.9 Å². The van der Waals surface area contributed by atoms with Crippen molar-refractivity contribution in [2.75, 3.05) is 31.5 Å². The van der Waals surface area contributed by atoms with Crippen LogP contribution in [0.15, 0.2) is 48.7 Å². The van der Waals surface area contributed by atoms with Crippen molar-refractivity contribution in [1.82, 2.24) is 9.55 Å². The predicted octanol–water partition coefficient (Wildman–Crippen LogP) is 4.81. The molecule has 2 aromatic carbocycles. The summed E-state index contributed by atoms with van der Waals surface area (Å²) in [4.78, 5) is 16.8. The highest BCUT2D eigenvalue weighted by Gasteiger charge is 2.14. The molecule has 0 saturated carbocycles. The smallest absolute Gasteiger partial charge is 0.326 e. The minimum Gasteiger partial charge on any atom is -0.497 e. The predicted molar refractivity (Wildman–Crippen MR) is 115 cm³/mol. The van der Waals surface area contributed by atoms with Gasteiger partial charge in [-0.1, -0.05) is 17.7 Å². The monoisotopic (exact) mass is 414 g/mol. The molecule has 0 unspecified atom stereocenters. The Hall–Kier alpha value is -3.03. The number of methoxy groups -OCH3 is 2. The van der Waals surface area contributed by atoms with Crippen molar-refractivity contribution in [3.8, 4) is 17.0 Å². The number of anilines is 2. The maximum absolute atomic E-state index is 12.5. The van der Waals surface area contributed by atoms with Crippen molar-refractivity contribution >= 4 is 29.3 Å². The molecule has 0 atom stereocenters. The van der Waals surface area contributed by atoms with E-state index in [9.17, 15) is 4.79 Å². The Labute approximate surface area is 174 Å². The Bertz CT molecular complexity index is 986. The molecule has 0 radical (unpaired) electrons. The molecular formula is C21H23ClN4O3. The van der Waals surface area contributed by atoms with Crippen LogP contribution in [0, 0.1) is 6.92 Å². The van der Waals surface area contributed by atoms with Crippen LogP contribution in [0.2, 0.25) is 5.02 Å². The minimum atomic E-state index is -0.407. The van der Waals surface area contributed by atoms with E-state index in [4.69, 9.17) is 21.1 Å². The number of imidazole rings is 1. The number of ether oxygens (including phenoxy) is 2. The second-order valence-electron chi connectivity index (χ2n) is 6.38. The fourth-order valence-corrected chi connectivity index (χ4v) is 2.99. The van der Waals surface area contributed by atoms with Gasteiger partial charge in [0, 0.05) is 29.9 Å². The van der Waals surface area contributed by atoms with Crippen molar-refractivity contribution in [3.63, 3.8) is 0 Å². The van der Waals surface area contributed by atoms with Crippen LogP contribution in [0.5, 0.6) is 5.75 Å². The first-order valence-corrected chi connectivity index (χ1v) is 9.42. The first-order chi connectivity index (χ1) is 14.0. The fraction of sp³-hybridized carbons (Fsp3) is 0.238. The van der Waals surface area contributed by atoms with Gasteiger partial charge < -0.3 is 19.4 Å². The molecule has 0 bridgehead atoms. The van der Waals surface area contributed by atoms with Gasteiger partial charge >= 0.3 is 6.03 Å². The molecule has 1 heterocycles. The molecule has 0 aliphatic rings. The van der Waals surface area contributed by atoms with Crippen LogP contribution in [0.25, 0.3) is 11.3 Å². The zero-order chi connectivity index (χ0) is 20.8. The third-order valence-corrected chi connectivity index (χ3v) is 4.82. The van der Waals surface area contributed by atoms with Crippen molar-refractivity contribution < 1.29 is 14.3 Å². The number of carbonyl (C=O) groups is 1. The Morgan fingerprint density at radius 2 is 1.90 bits per heavy atom. The number of hydrogen-bond acceptors (Lipinski definition) is 4. The van der Waals surface area contributed by atoms with E-state index in [1.54, 1.807) is 32.5 Å². The van der Waals surface area contributed by atoms with Crippen LogP contribution in [0.1, 0.15) is 5.56 Å². The fourth-order valence-electron chi connectivity index (χ4n) is 2.81. The maximum atomic E-state index is 12.5. The number of carbonyl (C=O) groups excluding carboxylic acids is 1. The Balaban J connectivity index is 1.81. The van der Waals surface area contributed by atoms with Crippen LogP contribution in [0.4, 0.5) is 16.4 Å². The van der Waals surface area contributed by atoms with E-state index in [0.717, 1.165) is 22.6 Å². The summed E-state index contributed by atoms with van der Waals surface area (Å²) in [5.41, 5.74) is 3.35. The summed E-state index contributed by atoms with van der Waals surface area (Å²) in [6, 6.07) is 12.6. The van der Waals surface area contributed by atoms with Crippen molar-refractivity contribution in [2.45, 2.75) is 13.5 Å². The molecule has 7 nitrogen and oxygen atoms in total. The summed E-state index contributed by atoms with van der Waals surface area (Å²) < 4.78 is 12.3. The van der Waals surface area contributed by atoms with Gasteiger partial charge in [0.2, 0.25) is 5.95 Å². The first kappa shape index (κ1) is 20.7. The largest absolute Gasteiger partial charge is 0.497 e. The SMILES string of the molecule is COCCn1c(-c2ccc(OC)cc2)cnc1NC(=O)Nc1ccc(C)c(Cl)c1. The quantitative estimate of drug-likeness (QED) is 0.581. The van der Waals surface area contributed by atoms with Crippen molar-refractivity contribution in [1.29, 1.82) is 0 Å². The second kappa shape index (κ2) is 9.45. The number of rotatable bonds is 7. The third kappa shape index (κ3) is 5.07. The number of nitrogens with one attached hydrogen (secondary N) is 2. The number of aromatic nitrogens is 2. The van der Waals surface area contributed by atoms with Gasteiger partial charge in [-0.2, -0.15) is 0 Å². The van der Waals surface area contributed by atoms with Gasteiger partial charge in [0.25, 0.3) is 0 Å². The highest BCUT2D eigenvalue weighted by molar-refractivity contribution is 6.31. The molecule has 0 spiro atoms. The first-order valence-electron chi connectivity index (χ1n) is 9.05. The summed E-state index contributed by atoms with van der Waals surface area (Å²) in [5, 5.41) is 6.15. The van der Waals surface area contributed by atoms with Gasteiger partial charge in [-0.3, -0.25) is 5.32 Å². The normalized spacial score (nSPS) is 10.6. The molecule has 0 fully saturated rings. The minimum absolute atomic E-state index is 0.407. The summed E-state index contributed by atoms with van der Waals surface area (Å²) in [6.07, 6.45) is 1.72. The van der Waals surface area contributed by atoms with E-state index in [0.29, 0.717) is 29.8 Å². The Kier molecular flexibility index (Phi) is 6.74. The summed E-state index contributed by atoms with van der Waals surface area (Å²) in [5.74, 6) is 1.19. The molecule has 3 rings (SSSR count). The van der Waals surface area contributed by atoms with E-state index >= 15 is 0 Å². The zero-order valence-corrected chi connectivity index (χ0v) is 17.3. The second-order valence-corrected chi connectivity index (χ2v) is 6.79. The number of aryl methyl sites for hydroxylation is 1. The number of benzene rings is 2. The summed E-state index contributed by atoms with van der Waals surface area (Å²) in [7, 11) is 3.25. The topological polar surface area (TPSA) is 77.4 Å². The lowest BCUT2D eigenvalue weighted by Crippen LogP contribution is -2.22. The number of amides is 2. The summed E-state index contributed by atoms with van der Waals surface area (Å²) >= 11 is 6.12. The van der Waals surface area contributed by atoms with Gasteiger partial charge in [0.15, 0.2) is 0 Å². The van der Waals surface area contributed by atoms with Gasteiger partial charge in [-0.25, -0.2) is 9.78 Å². The Morgan fingerprint density at radius 1 is 1.14 bits per heavy atom. The molecule has 8 heteroatoms. The highest BCUT2D eigenvalue weighted by atomic mass is 35.5. The Morgan fingerprint density at radius 3 is 2.55 bits per heavy atom. The van der Waals surface area contributed by atoms with E-state index in [-0.39, 0.29) is 0 Å². The molecule has 2 N–H and O–H groups in total. The standard InChI is InChI=1S/C21H23ClN4O3/c1-14-4-7-16(12-18(14)22)24-21(27)25-20-23-13-19(26(20)10-11-28-2)15-5-8-17(29-3)9-6-15/h4-9,12-13H,10-11H2,1-3H3,(H2,23,24,25,27). The average molecular weight is 415 g/mol. The molecule has 0 saturated heterocycles. The lowest BCUT2D eigenvalue weighted by atomic mass is 10.1. The molecule has 0 aliphatic heterocycles. The van der Waals surface area contributed by atoms with E-state index < -0.39 is 6.03 Å². The van der Waals surface area contributed by atoms with Gasteiger partial charge in [0.1, 0.15) is 5.75 Å². The molecule has 3 aromatic rings. The highest BCUT2D eigenvalue weighted by Crippen LogP contribution is 2.26. The number of halogens is 1. The molecule has 2 amide bonds. The van der Waals surface area contributed by atoms with Crippen LogP contribution in [0.3, 0.4) is 0 Å². The lowest BCUT2D eigenvalue weighted by molar-refractivity contribution is 0.188. The average Bonchev–Trinajstić information content (AvgIpc) is 3.11. The van der Waals surface area contributed by atoms with Crippen LogP contribution in [-0.2, 0) is 11.3 Å². The van der Waals surface area contributed by atoms with Crippen LogP contribution in [-0.4, -0.2) is 36.4 Å². The zero-order valence-electron chi connectivity index (χ0n) is 16.5. The van der Waals surface area contributed by atoms with Crippen molar-refractivity contribution in [3.05, 3.63) is 59.2 Å². The van der Waals surface area contributed by atoms with Crippen molar-refractivity contribution in [2.24, 2.45) is 0 Å². The van der Waals surface area contributed by atoms with E-state index in [2.05, 4.69) is 15.6 Å². The summed E-state index contributed by atoms with van der Waals surface area (Å²) in [6.45, 7) is 2.91.